The molecule has 118 valence electrons. The van der Waals surface area contributed by atoms with Crippen molar-refractivity contribution in [3.8, 4) is 11.5 Å². The molecule has 21 heavy (non-hydrogen) atoms. The fourth-order valence-electron chi connectivity index (χ4n) is 2.00. The number of benzene rings is 1. The SMILES string of the molecule is CNC(C)(CCCCOc1ccc(OC)cc1)C(=O)OC. The van der Waals surface area contributed by atoms with Crippen LogP contribution >= 0.6 is 0 Å². The van der Waals surface area contributed by atoms with E-state index in [4.69, 9.17) is 14.2 Å². The number of ether oxygens (including phenoxy) is 3. The molecule has 0 aliphatic carbocycles. The molecule has 1 aromatic carbocycles. The lowest BCUT2D eigenvalue weighted by molar-refractivity contribution is -0.148. The molecule has 0 bridgehead atoms. The monoisotopic (exact) mass is 295 g/mol. The number of unbranched alkanes of at least 4 members (excludes halogenated alkanes) is 1. The molecule has 0 fully saturated rings. The summed E-state index contributed by atoms with van der Waals surface area (Å²) in [6.07, 6.45) is 2.46. The molecule has 5 heteroatoms. The van der Waals surface area contributed by atoms with Gasteiger partial charge in [0.15, 0.2) is 0 Å². The first kappa shape index (κ1) is 17.3. The van der Waals surface area contributed by atoms with Crippen molar-refractivity contribution in [1.29, 1.82) is 0 Å². The van der Waals surface area contributed by atoms with Gasteiger partial charge in [0.1, 0.15) is 17.0 Å². The summed E-state index contributed by atoms with van der Waals surface area (Å²) in [5.74, 6) is 1.39. The summed E-state index contributed by atoms with van der Waals surface area (Å²) in [5.41, 5.74) is -0.630. The summed E-state index contributed by atoms with van der Waals surface area (Å²) in [6, 6.07) is 7.49. The Labute approximate surface area is 126 Å². The predicted molar refractivity (Wildman–Crippen MR) is 81.8 cm³/mol. The average molecular weight is 295 g/mol. The number of hydrogen-bond donors (Lipinski definition) is 1. The van der Waals surface area contributed by atoms with E-state index in [0.29, 0.717) is 13.0 Å². The molecule has 0 aliphatic rings. The van der Waals surface area contributed by atoms with Crippen LogP contribution < -0.4 is 14.8 Å². The van der Waals surface area contributed by atoms with Gasteiger partial charge in [0.05, 0.1) is 20.8 Å². The standard InChI is InChI=1S/C16H25NO4/c1-16(17-2,15(18)20-4)11-5-6-12-21-14-9-7-13(19-3)8-10-14/h7-10,17H,5-6,11-12H2,1-4H3. The summed E-state index contributed by atoms with van der Waals surface area (Å²) >= 11 is 0. The molecule has 0 spiro atoms. The molecule has 1 aromatic rings. The fraction of sp³-hybridized carbons (Fsp3) is 0.562. The molecule has 1 N–H and O–H groups in total. The van der Waals surface area contributed by atoms with Crippen molar-refractivity contribution in [2.75, 3.05) is 27.9 Å². The minimum absolute atomic E-state index is 0.235. The lowest BCUT2D eigenvalue weighted by Gasteiger charge is -2.25. The number of likely N-dealkylation sites (N-methyl/N-ethyl adjacent to an activating group) is 1. The van der Waals surface area contributed by atoms with Gasteiger partial charge in [0.25, 0.3) is 0 Å². The van der Waals surface area contributed by atoms with Crippen LogP contribution in [0.2, 0.25) is 0 Å². The molecule has 0 saturated heterocycles. The highest BCUT2D eigenvalue weighted by atomic mass is 16.5. The molecule has 0 heterocycles. The van der Waals surface area contributed by atoms with Crippen LogP contribution in [-0.4, -0.2) is 39.4 Å². The second-order valence-corrected chi connectivity index (χ2v) is 5.05. The van der Waals surface area contributed by atoms with E-state index in [1.165, 1.54) is 7.11 Å². The lowest BCUT2D eigenvalue weighted by atomic mass is 9.95. The maximum Gasteiger partial charge on any atom is 0.325 e. The van der Waals surface area contributed by atoms with Crippen molar-refractivity contribution >= 4 is 5.97 Å². The Morgan fingerprint density at radius 1 is 1.14 bits per heavy atom. The summed E-state index contributed by atoms with van der Waals surface area (Å²) in [7, 11) is 4.81. The van der Waals surface area contributed by atoms with Gasteiger partial charge in [-0.3, -0.25) is 4.79 Å². The molecule has 1 atom stereocenters. The van der Waals surface area contributed by atoms with Gasteiger partial charge in [-0.25, -0.2) is 0 Å². The first-order chi connectivity index (χ1) is 10.1. The molecule has 1 rings (SSSR count). The third-order valence-corrected chi connectivity index (χ3v) is 3.59. The third kappa shape index (κ3) is 5.27. The van der Waals surface area contributed by atoms with Gasteiger partial charge in [-0.15, -0.1) is 0 Å². The number of carbonyl (C=O) groups excluding carboxylic acids is 1. The van der Waals surface area contributed by atoms with Gasteiger partial charge < -0.3 is 19.5 Å². The molecule has 0 radical (unpaired) electrons. The van der Waals surface area contributed by atoms with Gasteiger partial charge in [0.2, 0.25) is 0 Å². The molecular formula is C16H25NO4. The Balaban J connectivity index is 2.28. The van der Waals surface area contributed by atoms with Gasteiger partial charge >= 0.3 is 5.97 Å². The van der Waals surface area contributed by atoms with Gasteiger partial charge in [-0.05, 0) is 57.5 Å². The van der Waals surface area contributed by atoms with E-state index < -0.39 is 5.54 Å². The predicted octanol–water partition coefficient (Wildman–Crippen LogP) is 2.40. The van der Waals surface area contributed by atoms with E-state index in [9.17, 15) is 4.79 Å². The van der Waals surface area contributed by atoms with Crippen LogP contribution in [0.1, 0.15) is 26.2 Å². The molecule has 5 nitrogen and oxygen atoms in total. The summed E-state index contributed by atoms with van der Waals surface area (Å²) < 4.78 is 15.5. The topological polar surface area (TPSA) is 56.8 Å². The highest BCUT2D eigenvalue weighted by Crippen LogP contribution is 2.18. The number of methoxy groups -OCH3 is 2. The average Bonchev–Trinajstić information content (AvgIpc) is 2.54. The highest BCUT2D eigenvalue weighted by Gasteiger charge is 2.31. The Kier molecular flexibility index (Phi) is 7.02. The second-order valence-electron chi connectivity index (χ2n) is 5.05. The Morgan fingerprint density at radius 2 is 1.76 bits per heavy atom. The first-order valence-corrected chi connectivity index (χ1v) is 7.10. The normalized spacial score (nSPS) is 13.3. The first-order valence-electron chi connectivity index (χ1n) is 7.10. The Hall–Kier alpha value is -1.75. The van der Waals surface area contributed by atoms with E-state index >= 15 is 0 Å². The van der Waals surface area contributed by atoms with Crippen LogP contribution in [0.25, 0.3) is 0 Å². The zero-order valence-electron chi connectivity index (χ0n) is 13.3. The zero-order chi connectivity index (χ0) is 15.7. The molecule has 1 unspecified atom stereocenters. The summed E-state index contributed by atoms with van der Waals surface area (Å²) in [5, 5.41) is 3.02. The van der Waals surface area contributed by atoms with Crippen molar-refractivity contribution in [2.24, 2.45) is 0 Å². The number of carbonyl (C=O) groups is 1. The zero-order valence-corrected chi connectivity index (χ0v) is 13.3. The van der Waals surface area contributed by atoms with E-state index in [0.717, 1.165) is 24.3 Å². The maximum absolute atomic E-state index is 11.7. The van der Waals surface area contributed by atoms with E-state index in [2.05, 4.69) is 5.32 Å². The van der Waals surface area contributed by atoms with Crippen molar-refractivity contribution < 1.29 is 19.0 Å². The van der Waals surface area contributed by atoms with E-state index in [-0.39, 0.29) is 5.97 Å². The molecule has 0 amide bonds. The summed E-state index contributed by atoms with van der Waals surface area (Å²) in [4.78, 5) is 11.7. The molecule has 0 aliphatic heterocycles. The van der Waals surface area contributed by atoms with Crippen molar-refractivity contribution in [3.63, 3.8) is 0 Å². The van der Waals surface area contributed by atoms with Crippen LogP contribution in [0, 0.1) is 0 Å². The third-order valence-electron chi connectivity index (χ3n) is 3.59. The molecule has 0 saturated carbocycles. The molecular weight excluding hydrogens is 270 g/mol. The number of hydrogen-bond acceptors (Lipinski definition) is 5. The van der Waals surface area contributed by atoms with Crippen LogP contribution in [0.15, 0.2) is 24.3 Å². The van der Waals surface area contributed by atoms with Crippen molar-refractivity contribution in [1.82, 2.24) is 5.32 Å². The molecule has 0 aromatic heterocycles. The fourth-order valence-corrected chi connectivity index (χ4v) is 2.00. The Bertz CT molecular complexity index is 432. The quantitative estimate of drug-likeness (QED) is 0.560. The van der Waals surface area contributed by atoms with Crippen LogP contribution in [0.5, 0.6) is 11.5 Å². The largest absolute Gasteiger partial charge is 0.497 e. The Morgan fingerprint density at radius 3 is 2.29 bits per heavy atom. The van der Waals surface area contributed by atoms with Gasteiger partial charge in [0, 0.05) is 0 Å². The van der Waals surface area contributed by atoms with Crippen LogP contribution in [0.4, 0.5) is 0 Å². The minimum Gasteiger partial charge on any atom is -0.497 e. The van der Waals surface area contributed by atoms with E-state index in [1.54, 1.807) is 14.2 Å². The summed E-state index contributed by atoms with van der Waals surface area (Å²) in [6.45, 7) is 2.47. The van der Waals surface area contributed by atoms with Gasteiger partial charge in [-0.2, -0.15) is 0 Å². The maximum atomic E-state index is 11.7. The van der Waals surface area contributed by atoms with Crippen LogP contribution in [-0.2, 0) is 9.53 Å². The van der Waals surface area contributed by atoms with Gasteiger partial charge in [-0.1, -0.05) is 0 Å². The van der Waals surface area contributed by atoms with Crippen LogP contribution in [0.3, 0.4) is 0 Å². The van der Waals surface area contributed by atoms with Crippen molar-refractivity contribution in [3.05, 3.63) is 24.3 Å². The lowest BCUT2D eigenvalue weighted by Crippen LogP contribution is -2.48. The number of nitrogens with one attached hydrogen (secondary N) is 1. The number of rotatable bonds is 9. The van der Waals surface area contributed by atoms with Crippen molar-refractivity contribution in [2.45, 2.75) is 31.7 Å². The number of esters is 1. The van der Waals surface area contributed by atoms with E-state index in [1.807, 2.05) is 31.2 Å². The minimum atomic E-state index is -0.630. The smallest absolute Gasteiger partial charge is 0.325 e. The second kappa shape index (κ2) is 8.52. The highest BCUT2D eigenvalue weighted by molar-refractivity contribution is 5.80.